The largest absolute Gasteiger partial charge is 0.479 e. The van der Waals surface area contributed by atoms with Gasteiger partial charge in [0.2, 0.25) is 17.7 Å². The number of hydrogen-bond donors (Lipinski definition) is 1. The zero-order chi connectivity index (χ0) is 26.5. The van der Waals surface area contributed by atoms with Crippen molar-refractivity contribution < 1.29 is 27.1 Å². The van der Waals surface area contributed by atoms with E-state index < -0.39 is 24.9 Å². The second-order valence-electron chi connectivity index (χ2n) is 9.05. The summed E-state index contributed by atoms with van der Waals surface area (Å²) < 4.78 is 62.4. The second-order valence-corrected chi connectivity index (χ2v) is 9.05. The number of anilines is 1. The van der Waals surface area contributed by atoms with Crippen LogP contribution in [0.2, 0.25) is 0 Å². The minimum Gasteiger partial charge on any atom is -0.479 e. The van der Waals surface area contributed by atoms with Crippen LogP contribution in [0.25, 0.3) is 27.7 Å². The number of alkyl halides is 4. The molecule has 37 heavy (non-hydrogen) atoms. The fourth-order valence-electron chi connectivity index (χ4n) is 4.74. The Kier molecular flexibility index (Phi) is 6.16. The van der Waals surface area contributed by atoms with E-state index in [0.717, 1.165) is 4.57 Å². The molecule has 9 nitrogen and oxygen atoms in total. The summed E-state index contributed by atoms with van der Waals surface area (Å²) in [6.45, 7) is 2.23. The molecule has 0 aliphatic carbocycles. The molecule has 1 aliphatic rings. The Bertz CT molecular complexity index is 1480. The van der Waals surface area contributed by atoms with Crippen LogP contribution in [0, 0.1) is 6.92 Å². The number of hydrogen-bond acceptors (Lipinski definition) is 6. The van der Waals surface area contributed by atoms with E-state index in [-0.39, 0.29) is 30.1 Å². The van der Waals surface area contributed by atoms with Crippen molar-refractivity contribution >= 4 is 28.4 Å². The lowest BCUT2D eigenvalue weighted by Gasteiger charge is -2.34. The first-order valence-electron chi connectivity index (χ1n) is 11.7. The predicted molar refractivity (Wildman–Crippen MR) is 128 cm³/mol. The number of halogens is 4. The van der Waals surface area contributed by atoms with Gasteiger partial charge in [-0.1, -0.05) is 6.07 Å². The summed E-state index contributed by atoms with van der Waals surface area (Å²) in [6.07, 6.45) is -3.61. The Hall–Kier alpha value is -3.90. The van der Waals surface area contributed by atoms with Crippen LogP contribution in [-0.4, -0.2) is 73.5 Å². The molecule has 1 aromatic carbocycles. The average Bonchev–Trinajstić information content (AvgIpc) is 3.39. The topological polar surface area (TPSA) is 89.6 Å². The molecule has 0 radical (unpaired) electrons. The quantitative estimate of drug-likeness (QED) is 0.401. The van der Waals surface area contributed by atoms with E-state index in [2.05, 4.69) is 20.4 Å². The molecule has 0 bridgehead atoms. The van der Waals surface area contributed by atoms with Gasteiger partial charge in [0.25, 0.3) is 0 Å². The molecule has 3 aromatic heterocycles. The summed E-state index contributed by atoms with van der Waals surface area (Å²) in [5.74, 6) is 0.470. The first kappa shape index (κ1) is 24.8. The Morgan fingerprint density at radius 1 is 1.24 bits per heavy atom. The molecule has 2 atom stereocenters. The van der Waals surface area contributed by atoms with E-state index in [9.17, 15) is 22.4 Å². The van der Waals surface area contributed by atoms with Crippen molar-refractivity contribution in [2.45, 2.75) is 45.2 Å². The van der Waals surface area contributed by atoms with Gasteiger partial charge in [-0.25, -0.2) is 13.9 Å². The number of carbonyl (C=O) groups excluding carboxylic acids is 1. The first-order valence-corrected chi connectivity index (χ1v) is 11.7. The normalized spacial score (nSPS) is 18.5. The molecule has 1 fully saturated rings. The Balaban J connectivity index is 1.49. The van der Waals surface area contributed by atoms with Crippen LogP contribution < -0.4 is 10.1 Å². The average molecular weight is 520 g/mol. The standard InChI is InChI=1S/C24H25F4N7O2/c1-13-29-19-5-4-15(10-20(19)34(13)12-24(26,27)28)16-6-9-35-21(16)22(37-3)31-23(32-35)30-18-7-8-33(14(2)36)11-17(18)25/h4-6,9-10,17-18H,7-8,11-12H2,1-3H3,(H,30,32)/t17-,18+/m1/s1. The number of fused-ring (bicyclic) bond motifs is 2. The smallest absolute Gasteiger partial charge is 0.406 e. The molecule has 13 heteroatoms. The molecule has 1 amide bonds. The number of aryl methyl sites for hydroxylation is 1. The maximum absolute atomic E-state index is 14.7. The lowest BCUT2D eigenvalue weighted by Crippen LogP contribution is -2.49. The van der Waals surface area contributed by atoms with Crippen molar-refractivity contribution in [2.75, 3.05) is 25.5 Å². The summed E-state index contributed by atoms with van der Waals surface area (Å²) in [5, 5.41) is 7.45. The highest BCUT2D eigenvalue weighted by atomic mass is 19.4. The Labute approximate surface area is 209 Å². The molecular formula is C24H25F4N7O2. The number of piperidine rings is 1. The van der Waals surface area contributed by atoms with Crippen molar-refractivity contribution in [1.29, 1.82) is 0 Å². The molecule has 0 saturated carbocycles. The number of amides is 1. The van der Waals surface area contributed by atoms with E-state index in [1.807, 2.05) is 0 Å². The zero-order valence-corrected chi connectivity index (χ0v) is 20.4. The van der Waals surface area contributed by atoms with Crippen LogP contribution >= 0.6 is 0 Å². The highest BCUT2D eigenvalue weighted by Crippen LogP contribution is 2.34. The minimum absolute atomic E-state index is 0.00702. The number of rotatable bonds is 5. The fraction of sp³-hybridized carbons (Fsp3) is 0.417. The van der Waals surface area contributed by atoms with Crippen LogP contribution in [0.3, 0.4) is 0 Å². The van der Waals surface area contributed by atoms with Gasteiger partial charge in [-0.3, -0.25) is 4.79 Å². The lowest BCUT2D eigenvalue weighted by atomic mass is 10.0. The summed E-state index contributed by atoms with van der Waals surface area (Å²) in [7, 11) is 1.44. The monoisotopic (exact) mass is 519 g/mol. The molecule has 0 spiro atoms. The molecule has 1 saturated heterocycles. The van der Waals surface area contributed by atoms with Crippen LogP contribution in [0.1, 0.15) is 19.2 Å². The van der Waals surface area contributed by atoms with Gasteiger partial charge in [0.15, 0.2) is 0 Å². The number of imidazole rings is 1. The van der Waals surface area contributed by atoms with E-state index in [4.69, 9.17) is 4.74 Å². The van der Waals surface area contributed by atoms with E-state index in [1.54, 1.807) is 30.5 Å². The number of ether oxygens (including phenoxy) is 1. The fourth-order valence-corrected chi connectivity index (χ4v) is 4.74. The number of nitrogens with zero attached hydrogens (tertiary/aromatic N) is 6. The lowest BCUT2D eigenvalue weighted by molar-refractivity contribution is -0.140. The van der Waals surface area contributed by atoms with Gasteiger partial charge in [-0.05, 0) is 37.1 Å². The van der Waals surface area contributed by atoms with Gasteiger partial charge in [-0.15, -0.1) is 5.10 Å². The van der Waals surface area contributed by atoms with Crippen molar-refractivity contribution in [1.82, 2.24) is 29.0 Å². The third kappa shape index (κ3) is 4.77. The maximum Gasteiger partial charge on any atom is 0.406 e. The molecular weight excluding hydrogens is 494 g/mol. The molecule has 4 heterocycles. The first-order chi connectivity index (χ1) is 17.5. The second kappa shape index (κ2) is 9.20. The van der Waals surface area contributed by atoms with Gasteiger partial charge in [-0.2, -0.15) is 18.2 Å². The van der Waals surface area contributed by atoms with Crippen molar-refractivity contribution in [3.8, 4) is 17.0 Å². The Morgan fingerprint density at radius 2 is 2.03 bits per heavy atom. The maximum atomic E-state index is 14.7. The molecule has 0 unspecified atom stereocenters. The Morgan fingerprint density at radius 3 is 2.70 bits per heavy atom. The number of methoxy groups -OCH3 is 1. The number of carbonyl (C=O) groups is 1. The summed E-state index contributed by atoms with van der Waals surface area (Å²) >= 11 is 0. The van der Waals surface area contributed by atoms with Crippen molar-refractivity contribution in [3.63, 3.8) is 0 Å². The van der Waals surface area contributed by atoms with E-state index in [0.29, 0.717) is 40.6 Å². The summed E-state index contributed by atoms with van der Waals surface area (Å²) in [6, 6.07) is 6.28. The highest BCUT2D eigenvalue weighted by molar-refractivity contribution is 5.90. The zero-order valence-electron chi connectivity index (χ0n) is 20.4. The minimum atomic E-state index is -4.39. The van der Waals surface area contributed by atoms with Gasteiger partial charge in [0.1, 0.15) is 24.1 Å². The summed E-state index contributed by atoms with van der Waals surface area (Å²) in [4.78, 5) is 21.7. The van der Waals surface area contributed by atoms with Crippen LogP contribution in [0.15, 0.2) is 30.5 Å². The third-order valence-corrected chi connectivity index (χ3v) is 6.56. The molecule has 4 aromatic rings. The van der Waals surface area contributed by atoms with Crippen molar-refractivity contribution in [3.05, 3.63) is 36.3 Å². The molecule has 5 rings (SSSR count). The number of aromatic nitrogens is 5. The number of benzene rings is 1. The third-order valence-electron chi connectivity index (χ3n) is 6.56. The highest BCUT2D eigenvalue weighted by Gasteiger charge is 2.32. The van der Waals surface area contributed by atoms with Crippen LogP contribution in [0.4, 0.5) is 23.5 Å². The van der Waals surface area contributed by atoms with Crippen molar-refractivity contribution in [2.24, 2.45) is 0 Å². The van der Waals surface area contributed by atoms with Gasteiger partial charge >= 0.3 is 6.18 Å². The molecule has 196 valence electrons. The molecule has 1 N–H and O–H groups in total. The van der Waals surface area contributed by atoms with Crippen LogP contribution in [-0.2, 0) is 11.3 Å². The molecule has 1 aliphatic heterocycles. The van der Waals surface area contributed by atoms with Gasteiger partial charge in [0.05, 0.1) is 30.7 Å². The van der Waals surface area contributed by atoms with E-state index in [1.165, 1.54) is 30.4 Å². The summed E-state index contributed by atoms with van der Waals surface area (Å²) in [5.41, 5.74) is 2.62. The predicted octanol–water partition coefficient (Wildman–Crippen LogP) is 4.00. The van der Waals surface area contributed by atoms with Crippen LogP contribution in [0.5, 0.6) is 5.88 Å². The van der Waals surface area contributed by atoms with E-state index >= 15 is 0 Å². The number of nitrogens with one attached hydrogen (secondary N) is 1. The SMILES string of the molecule is COc1nc(N[C@H]2CCN(C(C)=O)C[C@H]2F)nn2ccc(-c3ccc4nc(C)n(CC(F)(F)F)c4c3)c12. The number of likely N-dealkylation sites (tertiary alicyclic amines) is 1. The van der Waals surface area contributed by atoms with Gasteiger partial charge < -0.3 is 19.5 Å². The van der Waals surface area contributed by atoms with Gasteiger partial charge in [0, 0.05) is 25.2 Å².